The van der Waals surface area contributed by atoms with Crippen molar-refractivity contribution in [1.29, 1.82) is 0 Å². The fraction of sp³-hybridized carbons (Fsp3) is 0.154. The number of hydrogen-bond acceptors (Lipinski definition) is 3. The Labute approximate surface area is 122 Å². The van der Waals surface area contributed by atoms with Crippen LogP contribution in [-0.4, -0.2) is 16.8 Å². The van der Waals surface area contributed by atoms with Crippen molar-refractivity contribution in [2.75, 3.05) is 5.75 Å². The summed E-state index contributed by atoms with van der Waals surface area (Å²) in [6, 6.07) is 9.61. The number of aromatic carboxylic acids is 1. The Morgan fingerprint density at radius 3 is 2.89 bits per heavy atom. The van der Waals surface area contributed by atoms with Gasteiger partial charge in [-0.3, -0.25) is 0 Å². The fourth-order valence-electron chi connectivity index (χ4n) is 1.48. The predicted octanol–water partition coefficient (Wildman–Crippen LogP) is 4.54. The van der Waals surface area contributed by atoms with Gasteiger partial charge in [-0.05, 0) is 52.0 Å². The van der Waals surface area contributed by atoms with Crippen molar-refractivity contribution in [3.05, 3.63) is 50.6 Å². The first-order chi connectivity index (χ1) is 8.66. The van der Waals surface area contributed by atoms with Crippen molar-refractivity contribution >= 4 is 45.0 Å². The molecule has 0 aliphatic heterocycles. The Kier molecular flexibility index (Phi) is 4.86. The lowest BCUT2D eigenvalue weighted by molar-refractivity contribution is 0.0695. The number of carbonyl (C=O) groups is 1. The summed E-state index contributed by atoms with van der Waals surface area (Å²) in [6.45, 7) is 0. The van der Waals surface area contributed by atoms with E-state index < -0.39 is 5.97 Å². The Bertz CT molecular complexity index is 538. The standard InChI is InChI=1S/C13H11BrO2S2/c14-12-4-3-10(8-11(12)13(15)16)18-7-5-9-2-1-6-17-9/h1-4,6,8H,5,7H2,(H,15,16). The van der Waals surface area contributed by atoms with Crippen LogP contribution in [0.4, 0.5) is 0 Å². The molecule has 2 aromatic rings. The average Bonchev–Trinajstić information content (AvgIpc) is 2.84. The second kappa shape index (κ2) is 6.41. The number of carboxylic acid groups (broad SMARTS) is 1. The lowest BCUT2D eigenvalue weighted by Crippen LogP contribution is -1.97. The number of rotatable bonds is 5. The highest BCUT2D eigenvalue weighted by molar-refractivity contribution is 9.10. The maximum atomic E-state index is 11.0. The second-order valence-corrected chi connectivity index (χ2v) is 6.68. The summed E-state index contributed by atoms with van der Waals surface area (Å²) in [5.74, 6) is 0.0591. The molecule has 0 fully saturated rings. The van der Waals surface area contributed by atoms with E-state index in [2.05, 4.69) is 27.4 Å². The van der Waals surface area contributed by atoms with Crippen molar-refractivity contribution in [2.45, 2.75) is 11.3 Å². The molecule has 0 saturated carbocycles. The molecule has 0 bridgehead atoms. The second-order valence-electron chi connectivity index (χ2n) is 3.62. The van der Waals surface area contributed by atoms with E-state index in [1.165, 1.54) is 4.88 Å². The highest BCUT2D eigenvalue weighted by Gasteiger charge is 2.09. The van der Waals surface area contributed by atoms with Crippen molar-refractivity contribution in [1.82, 2.24) is 0 Å². The fourth-order valence-corrected chi connectivity index (χ4v) is 3.66. The molecule has 0 aliphatic rings. The number of halogens is 1. The molecule has 0 aliphatic carbocycles. The summed E-state index contributed by atoms with van der Waals surface area (Å²) in [5, 5.41) is 11.1. The summed E-state index contributed by atoms with van der Waals surface area (Å²) in [6.07, 6.45) is 1.01. The van der Waals surface area contributed by atoms with Crippen LogP contribution in [0, 0.1) is 0 Å². The van der Waals surface area contributed by atoms with Crippen molar-refractivity contribution in [3.63, 3.8) is 0 Å². The van der Waals surface area contributed by atoms with Gasteiger partial charge in [0.1, 0.15) is 0 Å². The van der Waals surface area contributed by atoms with Gasteiger partial charge < -0.3 is 5.11 Å². The Morgan fingerprint density at radius 2 is 2.22 bits per heavy atom. The number of thiophene rings is 1. The number of aryl methyl sites for hydroxylation is 1. The highest BCUT2D eigenvalue weighted by atomic mass is 79.9. The topological polar surface area (TPSA) is 37.3 Å². The van der Waals surface area contributed by atoms with Gasteiger partial charge in [0.05, 0.1) is 5.56 Å². The van der Waals surface area contributed by atoms with Crippen LogP contribution in [0.1, 0.15) is 15.2 Å². The number of benzene rings is 1. The Balaban J connectivity index is 1.97. The van der Waals surface area contributed by atoms with E-state index in [9.17, 15) is 4.79 Å². The molecule has 0 amide bonds. The molecule has 0 atom stereocenters. The van der Waals surface area contributed by atoms with E-state index in [1.807, 2.05) is 12.1 Å². The average molecular weight is 343 g/mol. The van der Waals surface area contributed by atoms with Crippen LogP contribution in [0.25, 0.3) is 0 Å². The quantitative estimate of drug-likeness (QED) is 0.810. The third kappa shape index (κ3) is 3.60. The molecule has 2 rings (SSSR count). The molecule has 94 valence electrons. The minimum absolute atomic E-state index is 0.316. The predicted molar refractivity (Wildman–Crippen MR) is 79.8 cm³/mol. The van der Waals surface area contributed by atoms with E-state index >= 15 is 0 Å². The zero-order chi connectivity index (χ0) is 13.0. The molecule has 0 radical (unpaired) electrons. The third-order valence-corrected chi connectivity index (χ3v) is 4.99. The lowest BCUT2D eigenvalue weighted by Gasteiger charge is -2.04. The first-order valence-corrected chi connectivity index (χ1v) is 8.00. The molecule has 0 spiro atoms. The van der Waals surface area contributed by atoms with Gasteiger partial charge in [0.25, 0.3) is 0 Å². The Hall–Kier alpha value is -0.780. The molecular weight excluding hydrogens is 332 g/mol. The number of thioether (sulfide) groups is 1. The van der Waals surface area contributed by atoms with Crippen LogP contribution in [0.2, 0.25) is 0 Å². The van der Waals surface area contributed by atoms with E-state index in [0.717, 1.165) is 17.1 Å². The van der Waals surface area contributed by atoms with E-state index in [0.29, 0.717) is 10.0 Å². The SMILES string of the molecule is O=C(O)c1cc(SCCc2cccs2)ccc1Br. The highest BCUT2D eigenvalue weighted by Crippen LogP contribution is 2.26. The molecule has 1 heterocycles. The maximum absolute atomic E-state index is 11.0. The van der Waals surface area contributed by atoms with Crippen LogP contribution in [0.3, 0.4) is 0 Å². The van der Waals surface area contributed by atoms with Crippen LogP contribution in [0.5, 0.6) is 0 Å². The van der Waals surface area contributed by atoms with Crippen molar-refractivity contribution in [2.24, 2.45) is 0 Å². The van der Waals surface area contributed by atoms with Gasteiger partial charge in [0.2, 0.25) is 0 Å². The van der Waals surface area contributed by atoms with Crippen LogP contribution >= 0.6 is 39.0 Å². The van der Waals surface area contributed by atoms with E-state index in [4.69, 9.17) is 5.11 Å². The summed E-state index contributed by atoms with van der Waals surface area (Å²) < 4.78 is 0.623. The number of hydrogen-bond donors (Lipinski definition) is 1. The normalized spacial score (nSPS) is 10.5. The van der Waals surface area contributed by atoms with Gasteiger partial charge in [0.15, 0.2) is 0 Å². The zero-order valence-corrected chi connectivity index (χ0v) is 12.6. The Morgan fingerprint density at radius 1 is 1.39 bits per heavy atom. The largest absolute Gasteiger partial charge is 0.478 e. The molecular formula is C13H11BrO2S2. The van der Waals surface area contributed by atoms with Gasteiger partial charge in [0, 0.05) is 20.0 Å². The minimum atomic E-state index is -0.900. The maximum Gasteiger partial charge on any atom is 0.336 e. The van der Waals surface area contributed by atoms with Gasteiger partial charge in [-0.15, -0.1) is 23.1 Å². The van der Waals surface area contributed by atoms with Crippen molar-refractivity contribution in [3.8, 4) is 0 Å². The van der Waals surface area contributed by atoms with Crippen LogP contribution < -0.4 is 0 Å². The van der Waals surface area contributed by atoms with E-state index in [1.54, 1.807) is 35.2 Å². The van der Waals surface area contributed by atoms with Crippen LogP contribution in [-0.2, 0) is 6.42 Å². The lowest BCUT2D eigenvalue weighted by atomic mass is 10.2. The summed E-state index contributed by atoms with van der Waals surface area (Å²) in [7, 11) is 0. The van der Waals surface area contributed by atoms with Crippen LogP contribution in [0.15, 0.2) is 45.1 Å². The molecule has 18 heavy (non-hydrogen) atoms. The molecule has 1 aromatic carbocycles. The number of carboxylic acids is 1. The zero-order valence-electron chi connectivity index (χ0n) is 9.43. The first-order valence-electron chi connectivity index (χ1n) is 5.35. The molecule has 0 saturated heterocycles. The smallest absolute Gasteiger partial charge is 0.336 e. The van der Waals surface area contributed by atoms with Gasteiger partial charge >= 0.3 is 5.97 Å². The van der Waals surface area contributed by atoms with Crippen molar-refractivity contribution < 1.29 is 9.90 Å². The first kappa shape index (κ1) is 13.6. The third-order valence-electron chi connectivity index (χ3n) is 2.37. The van der Waals surface area contributed by atoms with E-state index in [-0.39, 0.29) is 0 Å². The molecule has 1 aromatic heterocycles. The van der Waals surface area contributed by atoms with Gasteiger partial charge in [-0.1, -0.05) is 6.07 Å². The van der Waals surface area contributed by atoms with Gasteiger partial charge in [-0.2, -0.15) is 0 Å². The summed E-state index contributed by atoms with van der Waals surface area (Å²) in [5.41, 5.74) is 0.316. The molecule has 5 heteroatoms. The summed E-state index contributed by atoms with van der Waals surface area (Å²) >= 11 is 6.68. The monoisotopic (exact) mass is 342 g/mol. The molecule has 2 nitrogen and oxygen atoms in total. The molecule has 0 unspecified atom stereocenters. The minimum Gasteiger partial charge on any atom is -0.478 e. The van der Waals surface area contributed by atoms with Gasteiger partial charge in [-0.25, -0.2) is 4.79 Å². The molecule has 1 N–H and O–H groups in total. The summed E-state index contributed by atoms with van der Waals surface area (Å²) in [4.78, 5) is 13.3.